The van der Waals surface area contributed by atoms with Crippen molar-refractivity contribution in [3.8, 4) is 22.9 Å². The predicted octanol–water partition coefficient (Wildman–Crippen LogP) is 3.89. The molecule has 2 aromatic heterocycles. The summed E-state index contributed by atoms with van der Waals surface area (Å²) in [6.45, 7) is 3.47. The first-order valence-corrected chi connectivity index (χ1v) is 10.5. The standard InChI is InChI=1S/C23H25F2N5O3/c1-5-18(31)27-15-11-26-30(2)23(15)22-13-8-6-7-12(9-14(13)28-29-22)19-20(24)16(32-3)10-17(33-4)21(19)25/h5,10-12H,1,6-9H2,2-4H3,(H,27,31)(H,28,29)/t12-/m1/s1. The third-order valence-electron chi connectivity index (χ3n) is 6.00. The number of aryl methyl sites for hydroxylation is 1. The van der Waals surface area contributed by atoms with Crippen molar-refractivity contribution in [3.63, 3.8) is 0 Å². The van der Waals surface area contributed by atoms with Gasteiger partial charge in [-0.25, -0.2) is 8.78 Å². The highest BCUT2D eigenvalue weighted by atomic mass is 19.1. The average molecular weight is 457 g/mol. The molecule has 0 saturated carbocycles. The van der Waals surface area contributed by atoms with Gasteiger partial charge in [-0.3, -0.25) is 14.6 Å². The predicted molar refractivity (Wildman–Crippen MR) is 118 cm³/mol. The number of methoxy groups -OCH3 is 2. The molecule has 0 saturated heterocycles. The summed E-state index contributed by atoms with van der Waals surface area (Å²) >= 11 is 0. The third kappa shape index (κ3) is 3.96. The number of rotatable bonds is 6. The lowest BCUT2D eigenvalue weighted by Crippen LogP contribution is -2.10. The first-order valence-electron chi connectivity index (χ1n) is 10.5. The molecule has 0 unspecified atom stereocenters. The highest BCUT2D eigenvalue weighted by Gasteiger charge is 2.31. The van der Waals surface area contributed by atoms with E-state index in [2.05, 4.69) is 27.2 Å². The van der Waals surface area contributed by atoms with Crippen molar-refractivity contribution in [1.29, 1.82) is 0 Å². The summed E-state index contributed by atoms with van der Waals surface area (Å²) < 4.78 is 42.1. The first kappa shape index (κ1) is 22.5. The molecule has 1 atom stereocenters. The van der Waals surface area contributed by atoms with Crippen LogP contribution in [0.25, 0.3) is 11.4 Å². The summed E-state index contributed by atoms with van der Waals surface area (Å²) in [4.78, 5) is 11.8. The summed E-state index contributed by atoms with van der Waals surface area (Å²) in [6.07, 6.45) is 5.00. The molecule has 10 heteroatoms. The number of H-pyrrole nitrogens is 1. The molecule has 2 heterocycles. The van der Waals surface area contributed by atoms with Gasteiger partial charge >= 0.3 is 0 Å². The number of nitrogens with zero attached hydrogens (tertiary/aromatic N) is 3. The van der Waals surface area contributed by atoms with Gasteiger partial charge in [0.1, 0.15) is 11.4 Å². The first-order chi connectivity index (χ1) is 15.9. The maximum atomic E-state index is 15.1. The highest BCUT2D eigenvalue weighted by Crippen LogP contribution is 2.42. The summed E-state index contributed by atoms with van der Waals surface area (Å²) in [5, 5.41) is 14.5. The smallest absolute Gasteiger partial charge is 0.247 e. The number of aromatic nitrogens is 4. The quantitative estimate of drug-likeness (QED) is 0.433. The van der Waals surface area contributed by atoms with E-state index >= 15 is 8.78 Å². The third-order valence-corrected chi connectivity index (χ3v) is 6.00. The van der Waals surface area contributed by atoms with Gasteiger partial charge < -0.3 is 14.8 Å². The minimum Gasteiger partial charge on any atom is -0.494 e. The number of fused-ring (bicyclic) bond motifs is 1. The summed E-state index contributed by atoms with van der Waals surface area (Å²) in [5.41, 5.74) is 3.47. The van der Waals surface area contributed by atoms with Gasteiger partial charge in [0.2, 0.25) is 5.91 Å². The van der Waals surface area contributed by atoms with Crippen molar-refractivity contribution in [2.24, 2.45) is 7.05 Å². The van der Waals surface area contributed by atoms with Crippen molar-refractivity contribution in [3.05, 3.63) is 53.4 Å². The van der Waals surface area contributed by atoms with Crippen LogP contribution in [0.2, 0.25) is 0 Å². The van der Waals surface area contributed by atoms with Crippen LogP contribution >= 0.6 is 0 Å². The Hall–Kier alpha value is -3.69. The van der Waals surface area contributed by atoms with Gasteiger partial charge in [-0.1, -0.05) is 6.58 Å². The number of benzene rings is 1. The average Bonchev–Trinajstić information content (AvgIpc) is 3.28. The fraction of sp³-hybridized carbons (Fsp3) is 0.348. The van der Waals surface area contributed by atoms with Crippen LogP contribution in [0.15, 0.2) is 24.9 Å². The van der Waals surface area contributed by atoms with Crippen LogP contribution in [0.5, 0.6) is 11.5 Å². The Labute approximate surface area is 189 Å². The zero-order chi connectivity index (χ0) is 23.7. The molecule has 174 valence electrons. The molecule has 0 bridgehead atoms. The molecule has 1 aliphatic rings. The van der Waals surface area contributed by atoms with Gasteiger partial charge in [-0.05, 0) is 37.7 Å². The molecule has 2 N–H and O–H groups in total. The van der Waals surface area contributed by atoms with E-state index in [0.717, 1.165) is 11.3 Å². The molecule has 1 amide bonds. The number of halogens is 2. The Kier molecular flexibility index (Phi) is 6.17. The number of nitrogens with one attached hydrogen (secondary N) is 2. The molecule has 0 spiro atoms. The number of hydrogen-bond acceptors (Lipinski definition) is 5. The Morgan fingerprint density at radius 3 is 2.64 bits per heavy atom. The summed E-state index contributed by atoms with van der Waals surface area (Å²) in [5.74, 6) is -2.35. The second-order valence-electron chi connectivity index (χ2n) is 7.87. The molecule has 4 rings (SSSR count). The Morgan fingerprint density at radius 2 is 2.00 bits per heavy atom. The van der Waals surface area contributed by atoms with Crippen LogP contribution in [-0.4, -0.2) is 40.1 Å². The van der Waals surface area contributed by atoms with E-state index in [9.17, 15) is 4.79 Å². The number of amides is 1. The molecule has 1 aromatic carbocycles. The fourth-order valence-electron chi connectivity index (χ4n) is 4.41. The highest BCUT2D eigenvalue weighted by molar-refractivity contribution is 6.01. The van der Waals surface area contributed by atoms with E-state index in [0.29, 0.717) is 42.8 Å². The maximum Gasteiger partial charge on any atom is 0.247 e. The molecule has 0 aliphatic heterocycles. The Balaban J connectivity index is 1.74. The van der Waals surface area contributed by atoms with Gasteiger partial charge in [-0.15, -0.1) is 0 Å². The molecular weight excluding hydrogens is 432 g/mol. The van der Waals surface area contributed by atoms with Crippen LogP contribution < -0.4 is 14.8 Å². The van der Waals surface area contributed by atoms with E-state index in [4.69, 9.17) is 9.47 Å². The second-order valence-corrected chi connectivity index (χ2v) is 7.87. The number of aromatic amines is 1. The second kappa shape index (κ2) is 9.05. The number of carbonyl (C=O) groups excluding carboxylic acids is 1. The molecule has 33 heavy (non-hydrogen) atoms. The van der Waals surface area contributed by atoms with Crippen molar-refractivity contribution in [2.45, 2.75) is 31.6 Å². The van der Waals surface area contributed by atoms with Gasteiger partial charge in [0.25, 0.3) is 0 Å². The van der Waals surface area contributed by atoms with Crippen molar-refractivity contribution in [1.82, 2.24) is 20.0 Å². The van der Waals surface area contributed by atoms with Crippen LogP contribution in [0.4, 0.5) is 14.5 Å². The van der Waals surface area contributed by atoms with E-state index in [1.54, 1.807) is 17.9 Å². The minimum atomic E-state index is -0.718. The number of hydrogen-bond donors (Lipinski definition) is 2. The molecule has 8 nitrogen and oxygen atoms in total. The van der Waals surface area contributed by atoms with Gasteiger partial charge in [0.15, 0.2) is 23.1 Å². The van der Waals surface area contributed by atoms with Crippen LogP contribution in [0, 0.1) is 11.6 Å². The van der Waals surface area contributed by atoms with Gasteiger partial charge in [0, 0.05) is 29.9 Å². The van der Waals surface area contributed by atoms with Crippen LogP contribution in [0.1, 0.15) is 35.6 Å². The zero-order valence-electron chi connectivity index (χ0n) is 18.7. The Bertz CT molecular complexity index is 1190. The van der Waals surface area contributed by atoms with Crippen LogP contribution in [0.3, 0.4) is 0 Å². The minimum absolute atomic E-state index is 0.0466. The lowest BCUT2D eigenvalue weighted by molar-refractivity contribution is -0.111. The number of carbonyl (C=O) groups is 1. The Morgan fingerprint density at radius 1 is 1.30 bits per heavy atom. The van der Waals surface area contributed by atoms with Crippen molar-refractivity contribution >= 4 is 11.6 Å². The van der Waals surface area contributed by atoms with E-state index in [1.165, 1.54) is 26.4 Å². The molecule has 0 fully saturated rings. The topological polar surface area (TPSA) is 94.1 Å². The largest absolute Gasteiger partial charge is 0.494 e. The van der Waals surface area contributed by atoms with Crippen molar-refractivity contribution in [2.75, 3.05) is 19.5 Å². The molecule has 1 aliphatic carbocycles. The SMILES string of the molecule is C=CC(=O)Nc1cnn(C)c1-c1n[nH]c2c1CCC[C@@H](c1c(F)c(OC)cc(OC)c1F)C2. The summed E-state index contributed by atoms with van der Waals surface area (Å²) in [7, 11) is 4.43. The number of ether oxygens (including phenoxy) is 2. The van der Waals surface area contributed by atoms with Gasteiger partial charge in [0.05, 0.1) is 26.1 Å². The zero-order valence-corrected chi connectivity index (χ0v) is 18.7. The van der Waals surface area contributed by atoms with E-state index < -0.39 is 17.6 Å². The molecule has 0 radical (unpaired) electrons. The normalized spacial score (nSPS) is 15.5. The number of anilines is 1. The fourth-order valence-corrected chi connectivity index (χ4v) is 4.41. The van der Waals surface area contributed by atoms with E-state index in [1.807, 2.05) is 0 Å². The van der Waals surface area contributed by atoms with E-state index in [-0.39, 0.29) is 23.0 Å². The van der Waals surface area contributed by atoms with Crippen molar-refractivity contribution < 1.29 is 23.0 Å². The lowest BCUT2D eigenvalue weighted by atomic mass is 9.90. The van der Waals surface area contributed by atoms with Gasteiger partial charge in [-0.2, -0.15) is 10.2 Å². The summed E-state index contributed by atoms with van der Waals surface area (Å²) in [6, 6.07) is 1.21. The van der Waals surface area contributed by atoms with Crippen LogP contribution in [-0.2, 0) is 24.7 Å². The lowest BCUT2D eigenvalue weighted by Gasteiger charge is -2.19. The molecule has 3 aromatic rings. The maximum absolute atomic E-state index is 15.1. The molecular formula is C23H25F2N5O3. The monoisotopic (exact) mass is 457 g/mol.